The van der Waals surface area contributed by atoms with Gasteiger partial charge in [-0.1, -0.05) is 80.6 Å². The number of amides is 2. The maximum atomic E-state index is 10.5. The summed E-state index contributed by atoms with van der Waals surface area (Å²) in [5, 5.41) is 5.01. The van der Waals surface area contributed by atoms with Gasteiger partial charge in [0.25, 0.3) is 0 Å². The monoisotopic (exact) mass is 907 g/mol. The molecule has 0 aromatic rings. The minimum absolute atomic E-state index is 0.308. The fourth-order valence-corrected chi connectivity index (χ4v) is 3.47. The van der Waals surface area contributed by atoms with Gasteiger partial charge in [-0.25, -0.2) is 9.59 Å². The quantitative estimate of drug-likeness (QED) is 0.0457. The SMILES string of the molecule is CCCCC.CCCCCOCOCC.CCCOC(=O)NCC.CCCOCC.CCCOCCCCOCC.CCCOCCOCOCC.CCNC(=O)OCCOC. The molecule has 382 valence electrons. The Morgan fingerprint density at radius 1 is 0.323 bits per heavy atom. The summed E-state index contributed by atoms with van der Waals surface area (Å²) < 4.78 is 54.8. The number of carbonyl (C=O) groups is 2. The van der Waals surface area contributed by atoms with Crippen molar-refractivity contribution in [1.29, 1.82) is 0 Å². The van der Waals surface area contributed by atoms with E-state index in [9.17, 15) is 9.59 Å². The van der Waals surface area contributed by atoms with Gasteiger partial charge in [-0.15, -0.1) is 0 Å². The van der Waals surface area contributed by atoms with E-state index in [0.717, 1.165) is 104 Å². The first-order valence-electron chi connectivity index (χ1n) is 24.1. The number of hydrogen-bond donors (Lipinski definition) is 2. The molecule has 0 rings (SSSR count). The lowest BCUT2D eigenvalue weighted by Gasteiger charge is -2.03. The van der Waals surface area contributed by atoms with Gasteiger partial charge in [0, 0.05) is 86.3 Å². The van der Waals surface area contributed by atoms with E-state index in [1.54, 1.807) is 7.11 Å². The molecule has 0 saturated carbocycles. The zero-order chi connectivity index (χ0) is 48.3. The lowest BCUT2D eigenvalue weighted by Crippen LogP contribution is -2.24. The van der Waals surface area contributed by atoms with E-state index in [2.05, 4.69) is 66.4 Å². The summed E-state index contributed by atoms with van der Waals surface area (Å²) >= 11 is 0. The average Bonchev–Trinajstić information content (AvgIpc) is 3.27. The Morgan fingerprint density at radius 3 is 1.06 bits per heavy atom. The van der Waals surface area contributed by atoms with Crippen LogP contribution in [0.5, 0.6) is 0 Å². The number of methoxy groups -OCH3 is 1. The van der Waals surface area contributed by atoms with E-state index in [4.69, 9.17) is 37.9 Å². The largest absolute Gasteiger partial charge is 0.450 e. The van der Waals surface area contributed by atoms with Crippen LogP contribution in [-0.2, 0) is 52.1 Å². The van der Waals surface area contributed by atoms with Gasteiger partial charge in [0.15, 0.2) is 0 Å². The Bertz CT molecular complexity index is 652. The lowest BCUT2D eigenvalue weighted by atomic mass is 10.3. The molecule has 0 spiro atoms. The molecule has 62 heavy (non-hydrogen) atoms. The number of unbranched alkanes of at least 4 members (excludes halogenated alkanes) is 5. The molecule has 15 nitrogen and oxygen atoms in total. The van der Waals surface area contributed by atoms with Crippen LogP contribution in [0.4, 0.5) is 9.59 Å². The van der Waals surface area contributed by atoms with Crippen molar-refractivity contribution >= 4 is 12.2 Å². The fourth-order valence-electron chi connectivity index (χ4n) is 3.47. The molecule has 0 aliphatic carbocycles. The Hall–Kier alpha value is -1.82. The number of ether oxygens (including phenoxy) is 11. The first kappa shape index (κ1) is 74.5. The van der Waals surface area contributed by atoms with Gasteiger partial charge in [-0.2, -0.15) is 0 Å². The molecule has 0 aliphatic rings. The predicted octanol–water partition coefficient (Wildman–Crippen LogP) is 11.0. The van der Waals surface area contributed by atoms with Gasteiger partial charge in [0.05, 0.1) is 26.4 Å². The first-order valence-corrected chi connectivity index (χ1v) is 24.1. The van der Waals surface area contributed by atoms with Crippen molar-refractivity contribution < 1.29 is 61.7 Å². The fraction of sp³-hybridized carbons (Fsp3) is 0.957. The molecular weight excluding hydrogens is 801 g/mol. The smallest absolute Gasteiger partial charge is 0.407 e. The second-order valence-electron chi connectivity index (χ2n) is 12.7. The summed E-state index contributed by atoms with van der Waals surface area (Å²) in [5.41, 5.74) is 0. The Kier molecular flexibility index (Phi) is 104. The molecule has 2 N–H and O–H groups in total. The molecule has 0 aliphatic heterocycles. The van der Waals surface area contributed by atoms with Crippen molar-refractivity contribution in [2.45, 2.75) is 167 Å². The average molecular weight is 907 g/mol. The summed E-state index contributed by atoms with van der Waals surface area (Å²) in [5.74, 6) is 0. The molecule has 0 bridgehead atoms. The van der Waals surface area contributed by atoms with Crippen LogP contribution in [0.25, 0.3) is 0 Å². The maximum absolute atomic E-state index is 10.5. The number of carbonyl (C=O) groups excluding carboxylic acids is 2. The van der Waals surface area contributed by atoms with E-state index in [0.29, 0.717) is 66.3 Å². The van der Waals surface area contributed by atoms with Gasteiger partial charge < -0.3 is 62.7 Å². The molecule has 0 heterocycles. The molecular formula is C47H106N2O13. The Labute approximate surface area is 383 Å². The van der Waals surface area contributed by atoms with E-state index in [1.165, 1.54) is 32.1 Å². The summed E-state index contributed by atoms with van der Waals surface area (Å²) in [6.45, 7) is 39.5. The lowest BCUT2D eigenvalue weighted by molar-refractivity contribution is -0.0656. The highest BCUT2D eigenvalue weighted by Crippen LogP contribution is 1.94. The van der Waals surface area contributed by atoms with E-state index in [-0.39, 0.29) is 12.2 Å². The molecule has 15 heteroatoms. The highest BCUT2D eigenvalue weighted by atomic mass is 16.7. The van der Waals surface area contributed by atoms with Crippen molar-refractivity contribution in [3.63, 3.8) is 0 Å². The zero-order valence-corrected chi connectivity index (χ0v) is 43.2. The minimum atomic E-state index is -0.389. The highest BCUT2D eigenvalue weighted by Gasteiger charge is 1.97. The number of nitrogens with one attached hydrogen (secondary N) is 2. The molecule has 0 fully saturated rings. The molecule has 2 amide bonds. The molecule has 0 unspecified atom stereocenters. The molecule has 0 saturated heterocycles. The minimum Gasteiger partial charge on any atom is -0.450 e. The third-order valence-corrected chi connectivity index (χ3v) is 6.59. The number of rotatable bonds is 35. The third-order valence-electron chi connectivity index (χ3n) is 6.59. The third kappa shape index (κ3) is 112. The molecule has 0 aromatic heterocycles. The first-order chi connectivity index (χ1) is 30.2. The van der Waals surface area contributed by atoms with Gasteiger partial charge >= 0.3 is 12.2 Å². The van der Waals surface area contributed by atoms with Crippen LogP contribution >= 0.6 is 0 Å². The van der Waals surface area contributed by atoms with Crippen LogP contribution in [-0.4, -0.2) is 145 Å². The van der Waals surface area contributed by atoms with E-state index in [1.807, 2.05) is 48.5 Å². The van der Waals surface area contributed by atoms with Gasteiger partial charge in [0.1, 0.15) is 20.2 Å². The van der Waals surface area contributed by atoms with Crippen LogP contribution in [0, 0.1) is 0 Å². The van der Waals surface area contributed by atoms with Gasteiger partial charge in [-0.3, -0.25) is 0 Å². The second-order valence-corrected chi connectivity index (χ2v) is 12.7. The van der Waals surface area contributed by atoms with Crippen LogP contribution in [0.3, 0.4) is 0 Å². The van der Waals surface area contributed by atoms with Crippen molar-refractivity contribution in [3.05, 3.63) is 0 Å². The zero-order valence-electron chi connectivity index (χ0n) is 43.2. The van der Waals surface area contributed by atoms with Crippen molar-refractivity contribution in [2.24, 2.45) is 0 Å². The van der Waals surface area contributed by atoms with Crippen molar-refractivity contribution in [1.82, 2.24) is 10.6 Å². The maximum Gasteiger partial charge on any atom is 0.407 e. The number of alkyl carbamates (subject to hydrolysis) is 2. The number of hydrogen-bond acceptors (Lipinski definition) is 13. The highest BCUT2D eigenvalue weighted by molar-refractivity contribution is 5.67. The second kappa shape index (κ2) is 86.3. The van der Waals surface area contributed by atoms with Crippen LogP contribution in [0.15, 0.2) is 0 Å². The van der Waals surface area contributed by atoms with Crippen LogP contribution < -0.4 is 10.6 Å². The van der Waals surface area contributed by atoms with Crippen LogP contribution in [0.2, 0.25) is 0 Å². The van der Waals surface area contributed by atoms with E-state index >= 15 is 0 Å². The van der Waals surface area contributed by atoms with Crippen LogP contribution in [0.1, 0.15) is 167 Å². The summed E-state index contributed by atoms with van der Waals surface area (Å²) in [7, 11) is 1.56. The van der Waals surface area contributed by atoms with Gasteiger partial charge in [-0.05, 0) is 86.5 Å². The standard InChI is InChI=1S/C9H20O2.C8H18O3.C8H18O2.C6H13NO3.C6H13NO2.C5H12O.C5H12/c1-3-7-11-9-6-5-8-10-4-2;1-3-5-10-6-7-11-8-9-4-2;1-3-5-6-7-10-8-9-4-2;1-3-7-6(8)10-5-4-9-2;1-3-5-9-6(8)7-4-2;1-3-5-6-4-2;1-3-5-4-2/h3-9H2,1-2H3;3-8H2,1-2H3;3-8H2,1-2H3;3-5H2,1-2H3,(H,7,8);3-5H2,1-2H3,(H,7,8);3-5H2,1-2H3;3-5H2,1-2H3. The summed E-state index contributed by atoms with van der Waals surface area (Å²) in [6, 6.07) is 0. The Balaban J connectivity index is -0.000000115. The summed E-state index contributed by atoms with van der Waals surface area (Å²) in [4.78, 5) is 21.0. The normalized spacial score (nSPS) is 9.58. The van der Waals surface area contributed by atoms with E-state index < -0.39 is 0 Å². The van der Waals surface area contributed by atoms with Crippen molar-refractivity contribution in [3.8, 4) is 0 Å². The molecule has 0 atom stereocenters. The molecule has 0 radical (unpaired) electrons. The van der Waals surface area contributed by atoms with Gasteiger partial charge in [0.2, 0.25) is 0 Å². The summed E-state index contributed by atoms with van der Waals surface area (Å²) in [6.07, 6.45) is 13.5. The van der Waals surface area contributed by atoms with Crippen molar-refractivity contribution in [2.75, 3.05) is 133 Å². The predicted molar refractivity (Wildman–Crippen MR) is 257 cm³/mol. The topological polar surface area (TPSA) is 160 Å². The molecule has 0 aromatic carbocycles. The Morgan fingerprint density at radius 2 is 0.677 bits per heavy atom.